The van der Waals surface area contributed by atoms with Gasteiger partial charge in [-0.3, -0.25) is 0 Å². The number of aliphatic hydroxyl groups excluding tert-OH is 2. The van der Waals surface area contributed by atoms with Crippen molar-refractivity contribution in [3.63, 3.8) is 0 Å². The lowest BCUT2D eigenvalue weighted by Crippen LogP contribution is -2.31. The number of rotatable bonds is 5. The van der Waals surface area contributed by atoms with E-state index in [4.69, 9.17) is 21.8 Å². The van der Waals surface area contributed by atoms with E-state index in [2.05, 4.69) is 5.32 Å². The fourth-order valence-electron chi connectivity index (χ4n) is 1.34. The zero-order chi connectivity index (χ0) is 12.1. The van der Waals surface area contributed by atoms with Crippen molar-refractivity contribution < 1.29 is 14.6 Å². The third kappa shape index (κ3) is 3.72. The van der Waals surface area contributed by atoms with Gasteiger partial charge in [0.25, 0.3) is 0 Å². The molecule has 0 radical (unpaired) electrons. The normalized spacial score (nSPS) is 14.8. The highest BCUT2D eigenvalue weighted by Gasteiger charge is 2.11. The monoisotopic (exact) mass is 247 g/mol. The number of nitrogens with one attached hydrogen (secondary N) is 1. The van der Waals surface area contributed by atoms with Gasteiger partial charge in [0.2, 0.25) is 0 Å². The quantitative estimate of drug-likeness (QED) is 0.739. The van der Waals surface area contributed by atoms with E-state index < -0.39 is 6.10 Å². The van der Waals surface area contributed by atoms with Gasteiger partial charge in [-0.2, -0.15) is 0 Å². The van der Waals surface area contributed by atoms with Crippen molar-refractivity contribution >= 4 is 11.6 Å². The van der Waals surface area contributed by atoms with Crippen molar-refractivity contribution in [1.29, 1.82) is 0 Å². The molecular formula is C11H15ClFNO2. The molecule has 0 aromatic heterocycles. The van der Waals surface area contributed by atoms with Gasteiger partial charge >= 0.3 is 0 Å². The first-order valence-corrected chi connectivity index (χ1v) is 5.39. The summed E-state index contributed by atoms with van der Waals surface area (Å²) in [6, 6.07) is 4.06. The van der Waals surface area contributed by atoms with Gasteiger partial charge in [-0.05, 0) is 24.6 Å². The van der Waals surface area contributed by atoms with E-state index in [-0.39, 0.29) is 25.0 Å². The summed E-state index contributed by atoms with van der Waals surface area (Å²) in [5, 5.41) is 21.1. The average Bonchev–Trinajstić information content (AvgIpc) is 2.25. The second kappa shape index (κ2) is 6.15. The third-order valence-electron chi connectivity index (χ3n) is 2.30. The molecule has 0 saturated heterocycles. The molecule has 1 aromatic rings. The summed E-state index contributed by atoms with van der Waals surface area (Å²) in [6.45, 7) is 1.81. The van der Waals surface area contributed by atoms with Crippen molar-refractivity contribution in [3.8, 4) is 0 Å². The Kier molecular flexibility index (Phi) is 5.15. The Morgan fingerprint density at radius 1 is 1.50 bits per heavy atom. The van der Waals surface area contributed by atoms with Gasteiger partial charge in [-0.15, -0.1) is 0 Å². The molecule has 0 bridgehead atoms. The minimum absolute atomic E-state index is 0.116. The summed E-state index contributed by atoms with van der Waals surface area (Å²) < 4.78 is 12.8. The van der Waals surface area contributed by atoms with E-state index in [1.165, 1.54) is 12.1 Å². The number of hydrogen-bond donors (Lipinski definition) is 3. The van der Waals surface area contributed by atoms with Crippen LogP contribution in [0, 0.1) is 5.82 Å². The van der Waals surface area contributed by atoms with Gasteiger partial charge in [-0.1, -0.05) is 17.7 Å². The van der Waals surface area contributed by atoms with Crippen LogP contribution in [-0.2, 0) is 0 Å². The van der Waals surface area contributed by atoms with Crippen LogP contribution in [0.2, 0.25) is 5.02 Å². The van der Waals surface area contributed by atoms with Crippen molar-refractivity contribution in [2.45, 2.75) is 19.1 Å². The van der Waals surface area contributed by atoms with Crippen LogP contribution < -0.4 is 5.32 Å². The molecule has 0 aliphatic heterocycles. The van der Waals surface area contributed by atoms with Crippen LogP contribution in [0.25, 0.3) is 0 Å². The number of halogens is 2. The van der Waals surface area contributed by atoms with E-state index in [1.54, 1.807) is 6.07 Å². The van der Waals surface area contributed by atoms with Crippen molar-refractivity contribution in [1.82, 2.24) is 5.32 Å². The molecule has 3 N–H and O–H groups in total. The highest BCUT2D eigenvalue weighted by Crippen LogP contribution is 2.23. The lowest BCUT2D eigenvalue weighted by molar-refractivity contribution is 0.0924. The highest BCUT2D eigenvalue weighted by molar-refractivity contribution is 6.31. The first kappa shape index (κ1) is 13.4. The number of hydrogen-bond acceptors (Lipinski definition) is 3. The van der Waals surface area contributed by atoms with E-state index in [9.17, 15) is 4.39 Å². The predicted octanol–water partition coefficient (Wildman–Crippen LogP) is 1.48. The minimum atomic E-state index is -0.804. The van der Waals surface area contributed by atoms with Crippen molar-refractivity contribution in [2.24, 2.45) is 0 Å². The predicted molar refractivity (Wildman–Crippen MR) is 60.9 cm³/mol. The van der Waals surface area contributed by atoms with Crippen LogP contribution in [0.5, 0.6) is 0 Å². The average molecular weight is 248 g/mol. The zero-order valence-corrected chi connectivity index (χ0v) is 9.71. The maximum atomic E-state index is 12.8. The smallest absolute Gasteiger partial charge is 0.124 e. The van der Waals surface area contributed by atoms with Crippen LogP contribution in [0.3, 0.4) is 0 Å². The largest absolute Gasteiger partial charge is 0.394 e. The maximum absolute atomic E-state index is 12.8. The molecule has 5 heteroatoms. The topological polar surface area (TPSA) is 52.5 Å². The molecule has 0 fully saturated rings. The Bertz CT molecular complexity index is 349. The van der Waals surface area contributed by atoms with Crippen LogP contribution in [0.1, 0.15) is 18.5 Å². The second-order valence-electron chi connectivity index (χ2n) is 3.63. The summed E-state index contributed by atoms with van der Waals surface area (Å²) in [6.07, 6.45) is -0.804. The third-order valence-corrected chi connectivity index (χ3v) is 2.63. The molecule has 0 saturated carbocycles. The Morgan fingerprint density at radius 3 is 2.75 bits per heavy atom. The fourth-order valence-corrected chi connectivity index (χ4v) is 1.67. The summed E-state index contributed by atoms with van der Waals surface area (Å²) in [7, 11) is 0. The molecule has 0 spiro atoms. The summed E-state index contributed by atoms with van der Waals surface area (Å²) in [5.41, 5.74) is 0.758. The molecule has 2 unspecified atom stereocenters. The van der Waals surface area contributed by atoms with Crippen molar-refractivity contribution in [3.05, 3.63) is 34.6 Å². The van der Waals surface area contributed by atoms with Crippen LogP contribution >= 0.6 is 11.6 Å². The van der Waals surface area contributed by atoms with Gasteiger partial charge < -0.3 is 15.5 Å². The van der Waals surface area contributed by atoms with E-state index in [0.29, 0.717) is 5.02 Å². The Balaban J connectivity index is 2.62. The first-order valence-electron chi connectivity index (χ1n) is 5.02. The second-order valence-corrected chi connectivity index (χ2v) is 4.04. The van der Waals surface area contributed by atoms with E-state index >= 15 is 0 Å². The van der Waals surface area contributed by atoms with Crippen LogP contribution in [0.15, 0.2) is 18.2 Å². The highest BCUT2D eigenvalue weighted by atomic mass is 35.5. The molecule has 0 aliphatic rings. The summed E-state index contributed by atoms with van der Waals surface area (Å²) in [5.74, 6) is -0.378. The molecular weight excluding hydrogens is 233 g/mol. The van der Waals surface area contributed by atoms with Gasteiger partial charge in [0.1, 0.15) is 5.82 Å². The summed E-state index contributed by atoms with van der Waals surface area (Å²) in [4.78, 5) is 0. The molecule has 0 heterocycles. The Morgan fingerprint density at radius 2 is 2.19 bits per heavy atom. The minimum Gasteiger partial charge on any atom is -0.394 e. The Hall–Kier alpha value is -0.680. The van der Waals surface area contributed by atoms with Gasteiger partial charge in [0, 0.05) is 17.6 Å². The fraction of sp³-hybridized carbons (Fsp3) is 0.455. The first-order chi connectivity index (χ1) is 7.54. The molecule has 0 aliphatic carbocycles. The van der Waals surface area contributed by atoms with Crippen LogP contribution in [0.4, 0.5) is 4.39 Å². The standard InChI is InChI=1S/C11H15ClFNO2/c1-7(14-5-9(16)6-15)10-3-2-8(13)4-11(10)12/h2-4,7,9,14-16H,5-6H2,1H3. The van der Waals surface area contributed by atoms with Gasteiger partial charge in [0.05, 0.1) is 12.7 Å². The van der Waals surface area contributed by atoms with E-state index in [1.807, 2.05) is 6.92 Å². The number of aliphatic hydroxyl groups is 2. The molecule has 16 heavy (non-hydrogen) atoms. The molecule has 0 amide bonds. The maximum Gasteiger partial charge on any atom is 0.124 e. The molecule has 3 nitrogen and oxygen atoms in total. The molecule has 1 aromatic carbocycles. The SMILES string of the molecule is CC(NCC(O)CO)c1ccc(F)cc1Cl. The number of benzene rings is 1. The van der Waals surface area contributed by atoms with Gasteiger partial charge in [0.15, 0.2) is 0 Å². The lowest BCUT2D eigenvalue weighted by Gasteiger charge is -2.17. The lowest BCUT2D eigenvalue weighted by atomic mass is 10.1. The van der Waals surface area contributed by atoms with Crippen molar-refractivity contribution in [2.75, 3.05) is 13.2 Å². The molecule has 2 atom stereocenters. The van der Waals surface area contributed by atoms with Crippen LogP contribution in [-0.4, -0.2) is 29.5 Å². The molecule has 90 valence electrons. The Labute approximate surface area is 98.9 Å². The van der Waals surface area contributed by atoms with Gasteiger partial charge in [-0.25, -0.2) is 4.39 Å². The van der Waals surface area contributed by atoms with E-state index in [0.717, 1.165) is 5.56 Å². The summed E-state index contributed by atoms with van der Waals surface area (Å²) >= 11 is 5.88. The zero-order valence-electron chi connectivity index (χ0n) is 8.95. The molecule has 1 rings (SSSR count).